The fraction of sp³-hybridized carbons (Fsp3) is 0.417. The third kappa shape index (κ3) is 2.82. The normalized spacial score (nSPS) is 11.4. The first-order valence-electron chi connectivity index (χ1n) is 6.35. The fourth-order valence-corrected chi connectivity index (χ4v) is 2.72. The largest absolute Gasteiger partial charge is 0.330 e. The number of aromatic nitrogens is 5. The summed E-state index contributed by atoms with van der Waals surface area (Å²) in [6.07, 6.45) is 9.07. The van der Waals surface area contributed by atoms with Crippen molar-refractivity contribution in [2.45, 2.75) is 25.8 Å². The zero-order valence-corrected chi connectivity index (χ0v) is 11.4. The van der Waals surface area contributed by atoms with Gasteiger partial charge in [0.15, 0.2) is 4.96 Å². The van der Waals surface area contributed by atoms with E-state index in [1.807, 2.05) is 33.1 Å². The van der Waals surface area contributed by atoms with Gasteiger partial charge in [0.2, 0.25) is 0 Å². The van der Waals surface area contributed by atoms with Gasteiger partial charge in [0.05, 0.1) is 17.9 Å². The van der Waals surface area contributed by atoms with Gasteiger partial charge >= 0.3 is 0 Å². The molecule has 100 valence electrons. The number of nitrogens with two attached hydrogens (primary N) is 1. The monoisotopic (exact) mass is 276 g/mol. The van der Waals surface area contributed by atoms with Crippen LogP contribution in [0.1, 0.15) is 24.2 Å². The Morgan fingerprint density at radius 3 is 3.00 bits per heavy atom. The van der Waals surface area contributed by atoms with Crippen LogP contribution in [0.5, 0.6) is 0 Å². The van der Waals surface area contributed by atoms with Crippen LogP contribution in [0, 0.1) is 0 Å². The molecule has 0 radical (unpaired) electrons. The van der Waals surface area contributed by atoms with Crippen molar-refractivity contribution in [1.82, 2.24) is 24.4 Å². The van der Waals surface area contributed by atoms with E-state index in [4.69, 9.17) is 5.73 Å². The van der Waals surface area contributed by atoms with E-state index in [2.05, 4.69) is 15.3 Å². The van der Waals surface area contributed by atoms with Crippen molar-refractivity contribution < 1.29 is 0 Å². The van der Waals surface area contributed by atoms with E-state index in [0.29, 0.717) is 6.54 Å². The van der Waals surface area contributed by atoms with Gasteiger partial charge in [0.25, 0.3) is 0 Å². The van der Waals surface area contributed by atoms with Crippen LogP contribution in [-0.2, 0) is 13.0 Å². The molecule has 3 aromatic rings. The third-order valence-corrected chi connectivity index (χ3v) is 3.71. The average molecular weight is 276 g/mol. The number of nitrogens with zero attached hydrogens (tertiary/aromatic N) is 5. The Morgan fingerprint density at radius 2 is 2.16 bits per heavy atom. The number of hydrogen-bond acceptors (Lipinski definition) is 5. The Balaban J connectivity index is 1.64. The van der Waals surface area contributed by atoms with E-state index in [1.165, 1.54) is 0 Å². The molecule has 0 bridgehead atoms. The van der Waals surface area contributed by atoms with Gasteiger partial charge in [0.1, 0.15) is 0 Å². The number of thiazole rings is 1. The lowest BCUT2D eigenvalue weighted by Crippen LogP contribution is -2.00. The number of fused-ring (bicyclic) bond motifs is 1. The molecule has 0 amide bonds. The van der Waals surface area contributed by atoms with E-state index in [9.17, 15) is 0 Å². The molecule has 0 spiro atoms. The first kappa shape index (κ1) is 12.3. The predicted octanol–water partition coefficient (Wildman–Crippen LogP) is 1.32. The lowest BCUT2D eigenvalue weighted by Gasteiger charge is -1.95. The molecule has 3 aromatic heterocycles. The second kappa shape index (κ2) is 5.50. The van der Waals surface area contributed by atoms with Gasteiger partial charge < -0.3 is 5.73 Å². The van der Waals surface area contributed by atoms with E-state index >= 15 is 0 Å². The molecule has 0 aliphatic heterocycles. The molecule has 0 fully saturated rings. The van der Waals surface area contributed by atoms with Crippen molar-refractivity contribution >= 4 is 16.3 Å². The number of hydrogen-bond donors (Lipinski definition) is 1. The maximum atomic E-state index is 5.48. The highest BCUT2D eigenvalue weighted by atomic mass is 32.1. The van der Waals surface area contributed by atoms with Gasteiger partial charge in [-0.2, -0.15) is 0 Å². The Labute approximate surface area is 114 Å². The number of rotatable bonds is 6. The molecular weight excluding hydrogens is 260 g/mol. The van der Waals surface area contributed by atoms with Crippen LogP contribution in [0.25, 0.3) is 4.96 Å². The molecule has 19 heavy (non-hydrogen) atoms. The van der Waals surface area contributed by atoms with Gasteiger partial charge in [-0.15, -0.1) is 16.4 Å². The van der Waals surface area contributed by atoms with E-state index in [-0.39, 0.29) is 0 Å². The topological polar surface area (TPSA) is 74.0 Å². The summed E-state index contributed by atoms with van der Waals surface area (Å²) in [5.41, 5.74) is 7.50. The maximum absolute atomic E-state index is 5.48. The van der Waals surface area contributed by atoms with Crippen LogP contribution in [0.3, 0.4) is 0 Å². The molecule has 0 unspecified atom stereocenters. The summed E-state index contributed by atoms with van der Waals surface area (Å²) in [4.78, 5) is 5.54. The Bertz CT molecular complexity index is 623. The number of aryl methyl sites for hydroxylation is 1. The van der Waals surface area contributed by atoms with Crippen molar-refractivity contribution in [1.29, 1.82) is 0 Å². The standard InChI is InChI=1S/C12H16N6S/c13-4-2-1-3-10-8-18(16-15-10)9-11-7-17-5-6-19-12(17)14-11/h5-8H,1-4,9,13H2. The van der Waals surface area contributed by atoms with Gasteiger partial charge in [-0.1, -0.05) is 5.21 Å². The summed E-state index contributed by atoms with van der Waals surface area (Å²) < 4.78 is 3.86. The summed E-state index contributed by atoms with van der Waals surface area (Å²) in [5, 5.41) is 10.3. The molecule has 6 nitrogen and oxygen atoms in total. The summed E-state index contributed by atoms with van der Waals surface area (Å²) in [5.74, 6) is 0. The molecular formula is C12H16N6S. The second-order valence-corrected chi connectivity index (χ2v) is 5.35. The zero-order valence-electron chi connectivity index (χ0n) is 10.6. The third-order valence-electron chi connectivity index (χ3n) is 2.94. The quantitative estimate of drug-likeness (QED) is 0.689. The SMILES string of the molecule is NCCCCc1cn(Cc2cn3ccsc3n2)nn1. The molecule has 7 heteroatoms. The van der Waals surface area contributed by atoms with E-state index < -0.39 is 0 Å². The smallest absolute Gasteiger partial charge is 0.193 e. The van der Waals surface area contributed by atoms with Gasteiger partial charge in [-0.3, -0.25) is 4.40 Å². The number of imidazole rings is 1. The summed E-state index contributed by atoms with van der Waals surface area (Å²) in [7, 11) is 0. The average Bonchev–Trinajstić information content (AvgIpc) is 3.06. The van der Waals surface area contributed by atoms with Crippen LogP contribution in [0.4, 0.5) is 0 Å². The second-order valence-electron chi connectivity index (χ2n) is 4.48. The van der Waals surface area contributed by atoms with E-state index in [1.54, 1.807) is 11.3 Å². The maximum Gasteiger partial charge on any atom is 0.193 e. The van der Waals surface area contributed by atoms with Crippen molar-refractivity contribution in [3.8, 4) is 0 Å². The Hall–Kier alpha value is -1.73. The lowest BCUT2D eigenvalue weighted by molar-refractivity contribution is 0.640. The zero-order chi connectivity index (χ0) is 13.1. The summed E-state index contributed by atoms with van der Waals surface area (Å²) in [6.45, 7) is 1.40. The Morgan fingerprint density at radius 1 is 1.21 bits per heavy atom. The molecule has 0 atom stereocenters. The molecule has 0 saturated carbocycles. The van der Waals surface area contributed by atoms with E-state index in [0.717, 1.165) is 42.2 Å². The van der Waals surface area contributed by atoms with Gasteiger partial charge in [-0.05, 0) is 25.8 Å². The highest BCUT2D eigenvalue weighted by Gasteiger charge is 2.05. The molecule has 2 N–H and O–H groups in total. The van der Waals surface area contributed by atoms with Gasteiger partial charge in [0, 0.05) is 24.0 Å². The summed E-state index contributed by atoms with van der Waals surface area (Å²) >= 11 is 1.63. The van der Waals surface area contributed by atoms with Crippen molar-refractivity contribution in [2.24, 2.45) is 5.73 Å². The van der Waals surface area contributed by atoms with Crippen molar-refractivity contribution in [2.75, 3.05) is 6.54 Å². The minimum Gasteiger partial charge on any atom is -0.330 e. The molecule has 3 rings (SSSR count). The highest BCUT2D eigenvalue weighted by Crippen LogP contribution is 2.12. The molecule has 0 saturated heterocycles. The van der Waals surface area contributed by atoms with Crippen molar-refractivity contribution in [3.05, 3.63) is 35.4 Å². The van der Waals surface area contributed by atoms with Crippen LogP contribution >= 0.6 is 11.3 Å². The van der Waals surface area contributed by atoms with Crippen LogP contribution in [0.15, 0.2) is 24.0 Å². The minimum absolute atomic E-state index is 0.665. The number of unbranched alkanes of at least 4 members (excludes halogenated alkanes) is 1. The molecule has 0 aliphatic carbocycles. The van der Waals surface area contributed by atoms with Crippen LogP contribution in [-0.4, -0.2) is 30.9 Å². The lowest BCUT2D eigenvalue weighted by atomic mass is 10.2. The molecule has 0 aliphatic rings. The minimum atomic E-state index is 0.665. The molecule has 3 heterocycles. The highest BCUT2D eigenvalue weighted by molar-refractivity contribution is 7.15. The van der Waals surface area contributed by atoms with Crippen LogP contribution in [0.2, 0.25) is 0 Å². The predicted molar refractivity (Wildman–Crippen MR) is 74.2 cm³/mol. The summed E-state index contributed by atoms with van der Waals surface area (Å²) in [6, 6.07) is 0. The Kier molecular flexibility index (Phi) is 3.56. The van der Waals surface area contributed by atoms with Crippen LogP contribution < -0.4 is 5.73 Å². The first-order chi connectivity index (χ1) is 9.35. The van der Waals surface area contributed by atoms with Gasteiger partial charge in [-0.25, -0.2) is 9.67 Å². The fourth-order valence-electron chi connectivity index (χ4n) is 2.00. The van der Waals surface area contributed by atoms with Crippen molar-refractivity contribution in [3.63, 3.8) is 0 Å². The molecule has 0 aromatic carbocycles. The first-order valence-corrected chi connectivity index (χ1v) is 7.23.